The van der Waals surface area contributed by atoms with Gasteiger partial charge in [-0.25, -0.2) is 8.42 Å². The summed E-state index contributed by atoms with van der Waals surface area (Å²) in [4.78, 5) is 11.8. The number of hydrogen-bond donors (Lipinski definition) is 3. The van der Waals surface area contributed by atoms with Crippen molar-refractivity contribution in [2.75, 3.05) is 5.73 Å². The van der Waals surface area contributed by atoms with Gasteiger partial charge in [-0.2, -0.15) is 4.72 Å². The van der Waals surface area contributed by atoms with Crippen LogP contribution in [0.1, 0.15) is 27.7 Å². The Bertz CT molecular complexity index is 639. The fraction of sp³-hybridized carbons (Fsp3) is 0.462. The third-order valence-corrected chi connectivity index (χ3v) is 4.32. The lowest BCUT2D eigenvalue weighted by molar-refractivity contribution is -0.123. The first-order valence-corrected chi connectivity index (χ1v) is 8.18. The van der Waals surface area contributed by atoms with E-state index in [1.54, 1.807) is 20.8 Å². The Balaban J connectivity index is 2.95. The first kappa shape index (κ1) is 17.7. The molecule has 0 aliphatic carbocycles. The van der Waals surface area contributed by atoms with Crippen molar-refractivity contribution in [1.29, 1.82) is 0 Å². The molecule has 0 fully saturated rings. The number of benzene rings is 1. The molecule has 1 aromatic rings. The molecule has 1 unspecified atom stereocenters. The summed E-state index contributed by atoms with van der Waals surface area (Å²) < 4.78 is 26.8. The van der Waals surface area contributed by atoms with E-state index in [0.29, 0.717) is 0 Å². The third-order valence-electron chi connectivity index (χ3n) is 2.49. The van der Waals surface area contributed by atoms with E-state index < -0.39 is 27.5 Å². The Morgan fingerprint density at radius 3 is 2.43 bits per heavy atom. The number of nitrogens with one attached hydrogen (secondary N) is 2. The highest BCUT2D eigenvalue weighted by molar-refractivity contribution is 7.89. The van der Waals surface area contributed by atoms with Crippen LogP contribution in [0.5, 0.6) is 0 Å². The second kappa shape index (κ2) is 6.21. The molecule has 1 rings (SSSR count). The fourth-order valence-corrected chi connectivity index (χ4v) is 3.17. The number of nitrogen functional groups attached to an aromatic ring is 1. The highest BCUT2D eigenvalue weighted by Crippen LogP contribution is 2.22. The minimum atomic E-state index is -3.93. The second-order valence-corrected chi connectivity index (χ2v) is 7.88. The molecule has 0 radical (unpaired) electrons. The summed E-state index contributed by atoms with van der Waals surface area (Å²) in [6.45, 7) is 6.88. The number of carbonyl (C=O) groups excluding carboxylic acids is 1. The van der Waals surface area contributed by atoms with Crippen LogP contribution in [0.3, 0.4) is 0 Å². The van der Waals surface area contributed by atoms with Gasteiger partial charge in [0.15, 0.2) is 0 Å². The quantitative estimate of drug-likeness (QED) is 0.727. The van der Waals surface area contributed by atoms with E-state index in [1.165, 1.54) is 25.1 Å². The average molecular weight is 334 g/mol. The predicted octanol–water partition coefficient (Wildman–Crippen LogP) is 1.50. The van der Waals surface area contributed by atoms with Crippen LogP contribution in [0, 0.1) is 0 Å². The molecular weight excluding hydrogens is 314 g/mol. The molecule has 1 atom stereocenters. The molecule has 21 heavy (non-hydrogen) atoms. The lowest BCUT2D eigenvalue weighted by Gasteiger charge is -2.23. The minimum Gasteiger partial charge on any atom is -0.398 e. The highest BCUT2D eigenvalue weighted by Gasteiger charge is 2.26. The van der Waals surface area contributed by atoms with Gasteiger partial charge in [-0.3, -0.25) is 4.79 Å². The molecule has 0 saturated heterocycles. The molecule has 0 bridgehead atoms. The van der Waals surface area contributed by atoms with Gasteiger partial charge >= 0.3 is 0 Å². The molecule has 4 N–H and O–H groups in total. The van der Waals surface area contributed by atoms with Crippen LogP contribution in [0.25, 0.3) is 0 Å². The fourth-order valence-electron chi connectivity index (χ4n) is 1.57. The van der Waals surface area contributed by atoms with E-state index >= 15 is 0 Å². The van der Waals surface area contributed by atoms with Gasteiger partial charge in [0.05, 0.1) is 11.7 Å². The van der Waals surface area contributed by atoms with Crippen LogP contribution in [-0.4, -0.2) is 25.9 Å². The SMILES string of the molecule is CC(NS(=O)(=O)c1cc(Cl)ccc1N)C(=O)NC(C)(C)C. The summed E-state index contributed by atoms with van der Waals surface area (Å²) >= 11 is 5.78. The van der Waals surface area contributed by atoms with Gasteiger partial charge in [-0.1, -0.05) is 11.6 Å². The van der Waals surface area contributed by atoms with Gasteiger partial charge in [-0.15, -0.1) is 0 Å². The number of amides is 1. The van der Waals surface area contributed by atoms with Gasteiger partial charge in [0, 0.05) is 10.6 Å². The lowest BCUT2D eigenvalue weighted by Crippen LogP contribution is -2.50. The molecule has 6 nitrogen and oxygen atoms in total. The van der Waals surface area contributed by atoms with Gasteiger partial charge in [-0.05, 0) is 45.9 Å². The van der Waals surface area contributed by atoms with Crippen LogP contribution < -0.4 is 15.8 Å². The predicted molar refractivity (Wildman–Crippen MR) is 83.5 cm³/mol. The molecule has 0 aromatic heterocycles. The normalized spacial score (nSPS) is 13.8. The Kier molecular flexibility index (Phi) is 5.25. The molecule has 1 amide bonds. The zero-order chi connectivity index (χ0) is 16.4. The van der Waals surface area contributed by atoms with Crippen molar-refractivity contribution in [3.05, 3.63) is 23.2 Å². The van der Waals surface area contributed by atoms with Crippen molar-refractivity contribution in [3.63, 3.8) is 0 Å². The lowest BCUT2D eigenvalue weighted by atomic mass is 10.1. The molecule has 0 aliphatic heterocycles. The van der Waals surface area contributed by atoms with E-state index in [1.807, 2.05) is 0 Å². The Morgan fingerprint density at radius 2 is 1.90 bits per heavy atom. The third kappa shape index (κ3) is 5.18. The maximum atomic E-state index is 12.3. The minimum absolute atomic E-state index is 0.0651. The van der Waals surface area contributed by atoms with Crippen molar-refractivity contribution in [2.45, 2.75) is 44.2 Å². The van der Waals surface area contributed by atoms with Crippen molar-refractivity contribution >= 4 is 33.2 Å². The number of carbonyl (C=O) groups is 1. The Labute approximate surface area is 130 Å². The zero-order valence-corrected chi connectivity index (χ0v) is 14.0. The first-order valence-electron chi connectivity index (χ1n) is 6.32. The van der Waals surface area contributed by atoms with Crippen molar-refractivity contribution in [3.8, 4) is 0 Å². The number of halogens is 1. The first-order chi connectivity index (χ1) is 9.42. The van der Waals surface area contributed by atoms with E-state index in [9.17, 15) is 13.2 Å². The molecule has 118 valence electrons. The van der Waals surface area contributed by atoms with Gasteiger partial charge in [0.2, 0.25) is 15.9 Å². The average Bonchev–Trinajstić information content (AvgIpc) is 2.29. The number of rotatable bonds is 4. The summed E-state index contributed by atoms with van der Waals surface area (Å²) in [6.07, 6.45) is 0. The van der Waals surface area contributed by atoms with Crippen LogP contribution in [0.2, 0.25) is 5.02 Å². The van der Waals surface area contributed by atoms with E-state index in [0.717, 1.165) is 0 Å². The van der Waals surface area contributed by atoms with E-state index in [4.69, 9.17) is 17.3 Å². The van der Waals surface area contributed by atoms with Gasteiger partial charge in [0.25, 0.3) is 0 Å². The molecule has 0 saturated carbocycles. The topological polar surface area (TPSA) is 101 Å². The number of anilines is 1. The summed E-state index contributed by atoms with van der Waals surface area (Å²) in [5.74, 6) is -0.424. The molecule has 1 aromatic carbocycles. The second-order valence-electron chi connectivity index (χ2n) is 5.76. The highest BCUT2D eigenvalue weighted by atomic mass is 35.5. The van der Waals surface area contributed by atoms with Crippen LogP contribution >= 0.6 is 11.6 Å². The molecule has 0 spiro atoms. The van der Waals surface area contributed by atoms with Crippen molar-refractivity contribution in [2.24, 2.45) is 0 Å². The molecule has 0 heterocycles. The van der Waals surface area contributed by atoms with Gasteiger partial charge < -0.3 is 11.1 Å². The number of hydrogen-bond acceptors (Lipinski definition) is 4. The largest absolute Gasteiger partial charge is 0.398 e. The van der Waals surface area contributed by atoms with Gasteiger partial charge in [0.1, 0.15) is 4.90 Å². The number of nitrogens with two attached hydrogens (primary N) is 1. The van der Waals surface area contributed by atoms with E-state index in [2.05, 4.69) is 10.0 Å². The Morgan fingerprint density at radius 1 is 1.33 bits per heavy atom. The van der Waals surface area contributed by atoms with Crippen molar-refractivity contribution < 1.29 is 13.2 Å². The maximum absolute atomic E-state index is 12.3. The number of sulfonamides is 1. The smallest absolute Gasteiger partial charge is 0.243 e. The van der Waals surface area contributed by atoms with Crippen LogP contribution in [-0.2, 0) is 14.8 Å². The molecular formula is C13H20ClN3O3S. The van der Waals surface area contributed by atoms with Crippen molar-refractivity contribution in [1.82, 2.24) is 10.0 Å². The maximum Gasteiger partial charge on any atom is 0.243 e. The standard InChI is InChI=1S/C13H20ClN3O3S/c1-8(12(18)16-13(2,3)4)17-21(19,20)11-7-9(14)5-6-10(11)15/h5-8,17H,15H2,1-4H3,(H,16,18). The summed E-state index contributed by atoms with van der Waals surface area (Å²) in [5.41, 5.74) is 5.26. The van der Waals surface area contributed by atoms with Crippen LogP contribution in [0.4, 0.5) is 5.69 Å². The van der Waals surface area contributed by atoms with Crippen LogP contribution in [0.15, 0.2) is 23.1 Å². The molecule has 0 aliphatic rings. The summed E-state index contributed by atoms with van der Waals surface area (Å²) in [6, 6.07) is 3.20. The zero-order valence-electron chi connectivity index (χ0n) is 12.4. The summed E-state index contributed by atoms with van der Waals surface area (Å²) in [7, 11) is -3.93. The Hall–Kier alpha value is -1.31. The monoisotopic (exact) mass is 333 g/mol. The summed E-state index contributed by atoms with van der Waals surface area (Å²) in [5, 5.41) is 2.94. The van der Waals surface area contributed by atoms with E-state index in [-0.39, 0.29) is 15.6 Å². The molecule has 8 heteroatoms.